The van der Waals surface area contributed by atoms with Crippen molar-refractivity contribution in [3.05, 3.63) is 53.9 Å². The van der Waals surface area contributed by atoms with Gasteiger partial charge in [0.2, 0.25) is 10.0 Å². The van der Waals surface area contributed by atoms with Crippen molar-refractivity contribution in [3.8, 4) is 0 Å². The minimum Gasteiger partial charge on any atom is -0.335 e. The van der Waals surface area contributed by atoms with Crippen molar-refractivity contribution in [2.45, 2.75) is 32.2 Å². The summed E-state index contributed by atoms with van der Waals surface area (Å²) in [7, 11) is -3.58. The highest BCUT2D eigenvalue weighted by Crippen LogP contribution is 2.23. The smallest absolute Gasteiger partial charge is 0.279 e. The van der Waals surface area contributed by atoms with E-state index in [-0.39, 0.29) is 17.3 Å². The molecule has 0 fully saturated rings. The Balaban J connectivity index is 2.03. The summed E-state index contributed by atoms with van der Waals surface area (Å²) in [4.78, 5) is 16.4. The topological polar surface area (TPSA) is 96.0 Å². The van der Waals surface area contributed by atoms with Crippen LogP contribution in [0, 0.1) is 6.92 Å². The van der Waals surface area contributed by atoms with Gasteiger partial charge in [0.05, 0.1) is 4.90 Å². The third kappa shape index (κ3) is 5.59. The van der Waals surface area contributed by atoms with E-state index in [1.807, 2.05) is 17.4 Å². The highest BCUT2D eigenvalue weighted by Gasteiger charge is 2.24. The molecule has 0 saturated heterocycles. The van der Waals surface area contributed by atoms with Crippen LogP contribution in [0.3, 0.4) is 0 Å². The first-order valence-corrected chi connectivity index (χ1v) is 10.4. The lowest BCUT2D eigenvalue weighted by Gasteiger charge is -2.20. The molecule has 0 aliphatic carbocycles. The van der Waals surface area contributed by atoms with Gasteiger partial charge in [-0.05, 0) is 30.7 Å². The van der Waals surface area contributed by atoms with Crippen LogP contribution in [0.1, 0.15) is 25.0 Å². The number of hydrogen-bond acceptors (Lipinski definition) is 4. The van der Waals surface area contributed by atoms with Gasteiger partial charge in [-0.15, -0.1) is 0 Å². The van der Waals surface area contributed by atoms with Crippen LogP contribution in [0.15, 0.2) is 47.6 Å². The van der Waals surface area contributed by atoms with Crippen LogP contribution >= 0.6 is 0 Å². The highest BCUT2D eigenvalue weighted by atomic mass is 32.2. The molecule has 0 aliphatic heterocycles. The number of anilines is 1. The molecule has 1 heterocycles. The van der Waals surface area contributed by atoms with Gasteiger partial charge in [-0.1, -0.05) is 26.0 Å². The summed E-state index contributed by atoms with van der Waals surface area (Å²) in [5.41, 5.74) is 2.17. The lowest BCUT2D eigenvalue weighted by Crippen LogP contribution is -2.84. The van der Waals surface area contributed by atoms with Crippen LogP contribution in [0.2, 0.25) is 0 Å². The quantitative estimate of drug-likeness (QED) is 0.670. The molecule has 0 saturated carbocycles. The standard InChI is InChI=1S/C19H26N4O3S/c1-4-23(5-2)27(25,26)18-11-17(9-8-15(18)3)22-19(24)14-21-13-16-7-6-10-20-12-16/h6-12,21H,4-5,13-14H2,1-3H3,(H,22,24)/p+1. The first-order chi connectivity index (χ1) is 12.9. The van der Waals surface area contributed by atoms with E-state index in [0.29, 0.717) is 30.9 Å². The first-order valence-electron chi connectivity index (χ1n) is 8.99. The molecular formula is C19H27N4O3S+. The van der Waals surface area contributed by atoms with Crippen LogP contribution in [0.5, 0.6) is 0 Å². The largest absolute Gasteiger partial charge is 0.335 e. The van der Waals surface area contributed by atoms with Crippen molar-refractivity contribution in [1.29, 1.82) is 0 Å². The number of sulfonamides is 1. The molecule has 0 bridgehead atoms. The summed E-state index contributed by atoms with van der Waals surface area (Å²) < 4.78 is 27.0. The van der Waals surface area contributed by atoms with Gasteiger partial charge in [-0.2, -0.15) is 4.31 Å². The van der Waals surface area contributed by atoms with Crippen molar-refractivity contribution < 1.29 is 18.5 Å². The number of nitrogens with one attached hydrogen (secondary N) is 1. The van der Waals surface area contributed by atoms with Gasteiger partial charge in [0.1, 0.15) is 6.54 Å². The Bertz CT molecular complexity index is 866. The summed E-state index contributed by atoms with van der Waals surface area (Å²) in [6.07, 6.45) is 3.47. The van der Waals surface area contributed by atoms with Gasteiger partial charge in [0, 0.05) is 36.7 Å². The van der Waals surface area contributed by atoms with Crippen LogP contribution in [0.25, 0.3) is 0 Å². The first kappa shape index (κ1) is 21.0. The van der Waals surface area contributed by atoms with E-state index in [1.165, 1.54) is 10.4 Å². The molecule has 27 heavy (non-hydrogen) atoms. The zero-order valence-corrected chi connectivity index (χ0v) is 16.8. The lowest BCUT2D eigenvalue weighted by molar-refractivity contribution is -0.659. The molecule has 2 aromatic rings. The molecule has 0 atom stereocenters. The second-order valence-corrected chi connectivity index (χ2v) is 8.08. The molecule has 0 unspecified atom stereocenters. The van der Waals surface area contributed by atoms with Crippen molar-refractivity contribution in [1.82, 2.24) is 9.29 Å². The third-order valence-corrected chi connectivity index (χ3v) is 6.42. The van der Waals surface area contributed by atoms with Gasteiger partial charge in [0.25, 0.3) is 5.91 Å². The van der Waals surface area contributed by atoms with Gasteiger partial charge in [0.15, 0.2) is 6.54 Å². The molecule has 0 radical (unpaired) electrons. The number of carbonyl (C=O) groups is 1. The molecule has 1 aromatic carbocycles. The van der Waals surface area contributed by atoms with E-state index in [1.54, 1.807) is 45.3 Å². The maximum atomic E-state index is 12.8. The fraction of sp³-hybridized carbons (Fsp3) is 0.368. The number of amides is 1. The molecule has 2 rings (SSSR count). The molecule has 146 valence electrons. The van der Waals surface area contributed by atoms with Crippen LogP contribution in [-0.2, 0) is 21.4 Å². The number of pyridine rings is 1. The molecule has 7 nitrogen and oxygen atoms in total. The maximum absolute atomic E-state index is 12.8. The SMILES string of the molecule is CCN(CC)S(=O)(=O)c1cc(NC(=O)C[NH2+]Cc2cccnc2)ccc1C. The number of nitrogens with two attached hydrogens (primary N) is 1. The third-order valence-electron chi connectivity index (χ3n) is 4.23. The van der Waals surface area contributed by atoms with Gasteiger partial charge in [-0.25, -0.2) is 8.42 Å². The Morgan fingerprint density at radius 1 is 1.22 bits per heavy atom. The fourth-order valence-corrected chi connectivity index (χ4v) is 4.47. The van der Waals surface area contributed by atoms with Gasteiger partial charge >= 0.3 is 0 Å². The van der Waals surface area contributed by atoms with E-state index in [0.717, 1.165) is 5.56 Å². The summed E-state index contributed by atoms with van der Waals surface area (Å²) >= 11 is 0. The number of aromatic nitrogens is 1. The monoisotopic (exact) mass is 391 g/mol. The zero-order chi connectivity index (χ0) is 19.9. The zero-order valence-electron chi connectivity index (χ0n) is 16.0. The molecule has 1 aromatic heterocycles. The van der Waals surface area contributed by atoms with Crippen LogP contribution in [0.4, 0.5) is 5.69 Å². The fourth-order valence-electron chi connectivity index (χ4n) is 2.76. The second-order valence-electron chi connectivity index (χ2n) is 6.18. The number of carbonyl (C=O) groups excluding carboxylic acids is 1. The van der Waals surface area contributed by atoms with E-state index in [2.05, 4.69) is 10.3 Å². The Morgan fingerprint density at radius 2 is 1.96 bits per heavy atom. The number of rotatable bonds is 9. The summed E-state index contributed by atoms with van der Waals surface area (Å²) in [5, 5.41) is 4.64. The number of quaternary nitrogens is 1. The normalized spacial score (nSPS) is 11.6. The number of benzene rings is 1. The van der Waals surface area contributed by atoms with Crippen LogP contribution < -0.4 is 10.6 Å². The van der Waals surface area contributed by atoms with E-state index < -0.39 is 10.0 Å². The Morgan fingerprint density at radius 3 is 2.59 bits per heavy atom. The Hall–Kier alpha value is -2.29. The minimum absolute atomic E-state index is 0.186. The molecular weight excluding hydrogens is 364 g/mol. The van der Waals surface area contributed by atoms with Gasteiger partial charge < -0.3 is 10.6 Å². The van der Waals surface area contributed by atoms with E-state index in [4.69, 9.17) is 0 Å². The molecule has 8 heteroatoms. The average molecular weight is 392 g/mol. The van der Waals surface area contributed by atoms with E-state index >= 15 is 0 Å². The predicted molar refractivity (Wildman–Crippen MR) is 105 cm³/mol. The van der Waals surface area contributed by atoms with Crippen molar-refractivity contribution in [3.63, 3.8) is 0 Å². The van der Waals surface area contributed by atoms with Crippen LogP contribution in [-0.4, -0.2) is 43.2 Å². The maximum Gasteiger partial charge on any atom is 0.279 e. The molecule has 1 amide bonds. The molecule has 3 N–H and O–H groups in total. The average Bonchev–Trinajstić information content (AvgIpc) is 2.65. The summed E-state index contributed by atoms with van der Waals surface area (Å²) in [6.45, 7) is 7.05. The molecule has 0 spiro atoms. The van der Waals surface area contributed by atoms with Crippen molar-refractivity contribution in [2.75, 3.05) is 25.0 Å². The molecule has 0 aliphatic rings. The summed E-state index contributed by atoms with van der Waals surface area (Å²) in [5.74, 6) is -0.186. The predicted octanol–water partition coefficient (Wildman–Crippen LogP) is 1.12. The van der Waals surface area contributed by atoms with Crippen molar-refractivity contribution >= 4 is 21.6 Å². The van der Waals surface area contributed by atoms with Gasteiger partial charge in [-0.3, -0.25) is 9.78 Å². The number of nitrogens with zero attached hydrogens (tertiary/aromatic N) is 2. The highest BCUT2D eigenvalue weighted by molar-refractivity contribution is 7.89. The number of aryl methyl sites for hydroxylation is 1. The van der Waals surface area contributed by atoms with E-state index in [9.17, 15) is 13.2 Å². The Kier molecular flexibility index (Phi) is 7.46. The Labute approximate surface area is 160 Å². The lowest BCUT2D eigenvalue weighted by atomic mass is 10.2. The number of hydrogen-bond donors (Lipinski definition) is 2. The minimum atomic E-state index is -3.58. The summed E-state index contributed by atoms with van der Waals surface area (Å²) in [6, 6.07) is 8.77. The second kappa shape index (κ2) is 9.59. The van der Waals surface area contributed by atoms with Crippen molar-refractivity contribution in [2.24, 2.45) is 0 Å².